The summed E-state index contributed by atoms with van der Waals surface area (Å²) in [7, 11) is 0. The van der Waals surface area contributed by atoms with E-state index >= 15 is 0 Å². The van der Waals surface area contributed by atoms with Crippen molar-refractivity contribution in [3.05, 3.63) is 51.6 Å². The molecule has 0 aliphatic heterocycles. The summed E-state index contributed by atoms with van der Waals surface area (Å²) in [4.78, 5) is 22.1. The first kappa shape index (κ1) is 15.7. The van der Waals surface area contributed by atoms with Gasteiger partial charge in [-0.05, 0) is 42.2 Å². The molecule has 0 N–H and O–H groups in total. The number of rotatable bonds is 5. The Kier molecular flexibility index (Phi) is 3.96. The minimum absolute atomic E-state index is 0.0318. The summed E-state index contributed by atoms with van der Waals surface area (Å²) in [6.07, 6.45) is 5.48. The maximum Gasteiger partial charge on any atom is 0.338 e. The summed E-state index contributed by atoms with van der Waals surface area (Å²) in [6.45, 7) is 5.00. The van der Waals surface area contributed by atoms with Crippen molar-refractivity contribution in [3.8, 4) is 0 Å². The molecule has 4 rings (SSSR count). The molecule has 1 aromatic carbocycles. The molecule has 2 atom stereocenters. The predicted octanol–water partition coefficient (Wildman–Crippen LogP) is 4.13. The van der Waals surface area contributed by atoms with Crippen molar-refractivity contribution in [3.63, 3.8) is 0 Å². The van der Waals surface area contributed by atoms with E-state index in [-0.39, 0.29) is 5.69 Å². The van der Waals surface area contributed by atoms with E-state index in [9.17, 15) is 14.9 Å². The van der Waals surface area contributed by atoms with Gasteiger partial charge >= 0.3 is 5.97 Å². The third-order valence-electron chi connectivity index (χ3n) is 5.52. The predicted molar refractivity (Wildman–Crippen MR) is 86.1 cm³/mol. The fraction of sp³-hybridized carbons (Fsp3) is 0.500. The molecule has 1 aromatic rings. The van der Waals surface area contributed by atoms with E-state index in [1.165, 1.54) is 36.3 Å². The standard InChI is InChI=1S/C18H21NO4/c1-18(2)14-6-3-12(16(18)11-14)9-10-23-17(20)13-4-7-15(8-5-13)19(21)22/h3-5,7-8,14,16H,6,9-11H2,1-2H3. The van der Waals surface area contributed by atoms with Crippen molar-refractivity contribution in [2.75, 3.05) is 6.61 Å². The lowest BCUT2D eigenvalue weighted by atomic mass is 9.48. The number of carbonyl (C=O) groups excluding carboxylic acids is 1. The zero-order chi connectivity index (χ0) is 16.6. The fourth-order valence-corrected chi connectivity index (χ4v) is 3.82. The Balaban J connectivity index is 1.52. The fourth-order valence-electron chi connectivity index (χ4n) is 3.82. The number of nitro groups is 1. The highest BCUT2D eigenvalue weighted by Gasteiger charge is 2.50. The van der Waals surface area contributed by atoms with Crippen LogP contribution in [0, 0.1) is 27.4 Å². The molecule has 2 unspecified atom stereocenters. The Hall–Kier alpha value is -2.17. The second kappa shape index (κ2) is 5.80. The van der Waals surface area contributed by atoms with Crippen LogP contribution >= 0.6 is 0 Å². The molecular weight excluding hydrogens is 294 g/mol. The number of nitro benzene ring substituents is 1. The molecule has 3 aliphatic rings. The molecule has 1 saturated carbocycles. The second-order valence-corrected chi connectivity index (χ2v) is 7.01. The van der Waals surface area contributed by atoms with Gasteiger partial charge in [-0.3, -0.25) is 10.1 Å². The van der Waals surface area contributed by atoms with Crippen molar-refractivity contribution in [2.24, 2.45) is 17.3 Å². The van der Waals surface area contributed by atoms with Crippen molar-refractivity contribution in [1.82, 2.24) is 0 Å². The van der Waals surface area contributed by atoms with Gasteiger partial charge in [-0.2, -0.15) is 0 Å². The molecule has 0 saturated heterocycles. The van der Waals surface area contributed by atoms with Gasteiger partial charge < -0.3 is 4.74 Å². The van der Waals surface area contributed by atoms with Crippen LogP contribution in [0.1, 0.15) is 43.5 Å². The maximum atomic E-state index is 12.0. The first-order valence-corrected chi connectivity index (χ1v) is 8.00. The number of esters is 1. The number of fused-ring (bicyclic) bond motifs is 1. The summed E-state index contributed by atoms with van der Waals surface area (Å²) < 4.78 is 5.32. The van der Waals surface area contributed by atoms with Crippen LogP contribution in [-0.2, 0) is 4.74 Å². The normalized spacial score (nSPS) is 24.3. The topological polar surface area (TPSA) is 69.4 Å². The Bertz CT molecular complexity index is 660. The number of nitrogens with zero attached hydrogens (tertiary/aromatic N) is 1. The van der Waals surface area contributed by atoms with Gasteiger partial charge in [-0.25, -0.2) is 4.79 Å². The van der Waals surface area contributed by atoms with Gasteiger partial charge in [-0.15, -0.1) is 0 Å². The molecule has 5 heteroatoms. The Morgan fingerprint density at radius 2 is 2.04 bits per heavy atom. The van der Waals surface area contributed by atoms with Gasteiger partial charge in [0.05, 0.1) is 17.1 Å². The molecule has 122 valence electrons. The largest absolute Gasteiger partial charge is 0.462 e. The van der Waals surface area contributed by atoms with Gasteiger partial charge in [0.25, 0.3) is 5.69 Å². The van der Waals surface area contributed by atoms with Crippen LogP contribution < -0.4 is 0 Å². The molecule has 0 radical (unpaired) electrons. The quantitative estimate of drug-likeness (QED) is 0.354. The average Bonchev–Trinajstić information content (AvgIpc) is 2.54. The molecule has 1 fully saturated rings. The Morgan fingerprint density at radius 1 is 1.35 bits per heavy atom. The van der Waals surface area contributed by atoms with Gasteiger partial charge in [0.2, 0.25) is 0 Å². The second-order valence-electron chi connectivity index (χ2n) is 7.01. The van der Waals surface area contributed by atoms with Gasteiger partial charge in [-0.1, -0.05) is 25.5 Å². The molecule has 0 heterocycles. The van der Waals surface area contributed by atoms with Crippen LogP contribution in [0.3, 0.4) is 0 Å². The lowest BCUT2D eigenvalue weighted by molar-refractivity contribution is -0.384. The third kappa shape index (κ3) is 2.87. The number of allylic oxidation sites excluding steroid dienone is 1. The minimum atomic E-state index is -0.488. The highest BCUT2D eigenvalue weighted by atomic mass is 16.6. The molecule has 23 heavy (non-hydrogen) atoms. The minimum Gasteiger partial charge on any atom is -0.462 e. The van der Waals surface area contributed by atoms with Crippen molar-refractivity contribution < 1.29 is 14.5 Å². The van der Waals surface area contributed by atoms with Gasteiger partial charge in [0, 0.05) is 18.6 Å². The van der Waals surface area contributed by atoms with E-state index in [2.05, 4.69) is 19.9 Å². The van der Waals surface area contributed by atoms with Crippen molar-refractivity contribution >= 4 is 11.7 Å². The lowest BCUT2D eigenvalue weighted by Gasteiger charge is -2.56. The number of hydrogen-bond acceptors (Lipinski definition) is 4. The molecule has 0 aromatic heterocycles. The summed E-state index contributed by atoms with van der Waals surface area (Å²) in [5, 5.41) is 10.6. The van der Waals surface area contributed by atoms with E-state index in [1.807, 2.05) is 0 Å². The first-order chi connectivity index (χ1) is 10.9. The average molecular weight is 315 g/mol. The maximum absolute atomic E-state index is 12.0. The van der Waals surface area contributed by atoms with E-state index in [4.69, 9.17) is 4.74 Å². The number of carbonyl (C=O) groups is 1. The van der Waals surface area contributed by atoms with Crippen LogP contribution in [-0.4, -0.2) is 17.5 Å². The van der Waals surface area contributed by atoms with E-state index in [0.29, 0.717) is 23.5 Å². The highest BCUT2D eigenvalue weighted by molar-refractivity contribution is 5.89. The number of non-ortho nitro benzene ring substituents is 1. The zero-order valence-electron chi connectivity index (χ0n) is 13.5. The summed E-state index contributed by atoms with van der Waals surface area (Å²) in [6, 6.07) is 5.49. The van der Waals surface area contributed by atoms with E-state index < -0.39 is 10.9 Å². The Morgan fingerprint density at radius 3 is 2.61 bits per heavy atom. The summed E-state index contributed by atoms with van der Waals surface area (Å²) >= 11 is 0. The first-order valence-electron chi connectivity index (χ1n) is 8.00. The summed E-state index contributed by atoms with van der Waals surface area (Å²) in [5.41, 5.74) is 2.11. The number of hydrogen-bond donors (Lipinski definition) is 0. The molecular formula is C18H21NO4. The molecule has 0 amide bonds. The van der Waals surface area contributed by atoms with Crippen LogP contribution in [0.4, 0.5) is 5.69 Å². The smallest absolute Gasteiger partial charge is 0.338 e. The number of ether oxygens (including phenoxy) is 1. The van der Waals surface area contributed by atoms with Crippen molar-refractivity contribution in [1.29, 1.82) is 0 Å². The molecule has 3 aliphatic carbocycles. The molecule has 0 spiro atoms. The monoisotopic (exact) mass is 315 g/mol. The summed E-state index contributed by atoms with van der Waals surface area (Å²) in [5.74, 6) is 1.00. The molecule has 2 bridgehead atoms. The SMILES string of the molecule is CC1(C)C2CC=C(CCOC(=O)c3ccc([N+](=O)[O-])cc3)C1C2. The van der Waals surface area contributed by atoms with Gasteiger partial charge in [0.1, 0.15) is 0 Å². The van der Waals surface area contributed by atoms with Crippen LogP contribution in [0.5, 0.6) is 0 Å². The van der Waals surface area contributed by atoms with Crippen molar-refractivity contribution in [2.45, 2.75) is 33.1 Å². The van der Waals surface area contributed by atoms with Crippen LogP contribution in [0.15, 0.2) is 35.9 Å². The van der Waals surface area contributed by atoms with E-state index in [0.717, 1.165) is 18.8 Å². The zero-order valence-corrected chi connectivity index (χ0v) is 13.5. The lowest BCUT2D eigenvalue weighted by Crippen LogP contribution is -2.48. The number of benzene rings is 1. The Labute approximate surface area is 135 Å². The highest BCUT2D eigenvalue weighted by Crippen LogP contribution is 2.59. The molecule has 5 nitrogen and oxygen atoms in total. The van der Waals surface area contributed by atoms with Crippen LogP contribution in [0.25, 0.3) is 0 Å². The van der Waals surface area contributed by atoms with Crippen LogP contribution in [0.2, 0.25) is 0 Å². The van der Waals surface area contributed by atoms with E-state index in [1.54, 1.807) is 0 Å². The van der Waals surface area contributed by atoms with Gasteiger partial charge in [0.15, 0.2) is 0 Å². The third-order valence-corrected chi connectivity index (χ3v) is 5.52.